The summed E-state index contributed by atoms with van der Waals surface area (Å²) >= 11 is 0. The van der Waals surface area contributed by atoms with Gasteiger partial charge in [-0.25, -0.2) is 0 Å². The summed E-state index contributed by atoms with van der Waals surface area (Å²) in [5.41, 5.74) is 2.70. The van der Waals surface area contributed by atoms with Gasteiger partial charge in [0.15, 0.2) is 0 Å². The molecule has 3 aliphatic rings. The second-order valence-electron chi connectivity index (χ2n) is 9.82. The molecule has 2 fully saturated rings. The van der Waals surface area contributed by atoms with Crippen molar-refractivity contribution in [3.8, 4) is 0 Å². The Morgan fingerprint density at radius 3 is 2.45 bits per heavy atom. The lowest BCUT2D eigenvalue weighted by Gasteiger charge is -2.25. The van der Waals surface area contributed by atoms with Gasteiger partial charge < -0.3 is 15.5 Å². The van der Waals surface area contributed by atoms with Crippen LogP contribution in [0.1, 0.15) is 76.7 Å². The van der Waals surface area contributed by atoms with Crippen molar-refractivity contribution in [2.45, 2.75) is 83.3 Å². The number of hydrogen-bond acceptors (Lipinski definition) is 4. The predicted molar refractivity (Wildman–Crippen MR) is 129 cm³/mol. The molecule has 1 heterocycles. The number of benzodiazepines with no additional fused rings is 1. The number of nitrogens with one attached hydrogen (secondary N) is 2. The molecule has 2 atom stereocenters. The quantitative estimate of drug-likeness (QED) is 0.691. The van der Waals surface area contributed by atoms with E-state index in [1.807, 2.05) is 24.3 Å². The molecule has 0 aromatic heterocycles. The maximum Gasteiger partial charge on any atom is 0.272 e. The van der Waals surface area contributed by atoms with Crippen LogP contribution in [-0.2, 0) is 14.4 Å². The molecule has 1 aromatic carbocycles. The zero-order valence-corrected chi connectivity index (χ0v) is 19.8. The van der Waals surface area contributed by atoms with Crippen LogP contribution in [0.15, 0.2) is 29.3 Å². The fourth-order valence-electron chi connectivity index (χ4n) is 5.45. The minimum atomic E-state index is -0.999. The summed E-state index contributed by atoms with van der Waals surface area (Å²) in [5, 5.41) is 5.61. The van der Waals surface area contributed by atoms with E-state index in [2.05, 4.69) is 10.6 Å². The van der Waals surface area contributed by atoms with Crippen molar-refractivity contribution in [2.24, 2.45) is 16.8 Å². The Morgan fingerprint density at radius 2 is 1.73 bits per heavy atom. The molecule has 0 bridgehead atoms. The molecule has 1 unspecified atom stereocenters. The summed E-state index contributed by atoms with van der Waals surface area (Å²) in [6, 6.07) is 7.11. The molecular weight excluding hydrogens is 416 g/mol. The van der Waals surface area contributed by atoms with Crippen LogP contribution in [0, 0.1) is 11.8 Å². The van der Waals surface area contributed by atoms with Crippen LogP contribution in [0.5, 0.6) is 0 Å². The molecule has 0 saturated heterocycles. The monoisotopic (exact) mass is 452 g/mol. The van der Waals surface area contributed by atoms with E-state index in [9.17, 15) is 14.4 Å². The highest BCUT2D eigenvalue weighted by Gasteiger charge is 2.34. The van der Waals surface area contributed by atoms with Gasteiger partial charge in [-0.2, -0.15) is 0 Å². The number of amides is 3. The highest BCUT2D eigenvalue weighted by Crippen LogP contribution is 2.33. The van der Waals surface area contributed by atoms with Gasteiger partial charge in [-0.1, -0.05) is 50.3 Å². The number of nitrogens with zero attached hydrogens (tertiary/aromatic N) is 2. The molecule has 33 heavy (non-hydrogen) atoms. The number of carbonyl (C=O) groups is 3. The lowest BCUT2D eigenvalue weighted by Crippen LogP contribution is -2.52. The zero-order chi connectivity index (χ0) is 23.4. The summed E-state index contributed by atoms with van der Waals surface area (Å²) in [6.07, 6.45) is 9.58. The van der Waals surface area contributed by atoms with E-state index in [4.69, 9.17) is 4.99 Å². The molecule has 1 aliphatic heterocycles. The van der Waals surface area contributed by atoms with E-state index in [-0.39, 0.29) is 23.6 Å². The first kappa shape index (κ1) is 23.5. The third kappa shape index (κ3) is 5.45. The largest absolute Gasteiger partial charge is 0.345 e. The van der Waals surface area contributed by atoms with Crippen molar-refractivity contribution in [2.75, 3.05) is 11.9 Å². The van der Waals surface area contributed by atoms with Crippen LogP contribution < -0.4 is 15.5 Å². The van der Waals surface area contributed by atoms with Gasteiger partial charge in [0.2, 0.25) is 18.0 Å². The molecular formula is C26H36N4O3. The summed E-state index contributed by atoms with van der Waals surface area (Å²) in [4.78, 5) is 45.0. The zero-order valence-electron chi connectivity index (χ0n) is 19.8. The first-order valence-corrected chi connectivity index (χ1v) is 12.5. The average Bonchev–Trinajstić information content (AvgIpc) is 3.30. The van der Waals surface area contributed by atoms with Crippen molar-refractivity contribution < 1.29 is 14.4 Å². The normalized spacial score (nSPS) is 22.8. The Balaban J connectivity index is 1.50. The van der Waals surface area contributed by atoms with E-state index < -0.39 is 12.2 Å². The summed E-state index contributed by atoms with van der Waals surface area (Å²) < 4.78 is 0. The number of benzene rings is 1. The summed E-state index contributed by atoms with van der Waals surface area (Å²) in [6.45, 7) is 1.66. The number of hydrogen-bond donors (Lipinski definition) is 2. The Labute approximate surface area is 196 Å². The summed E-state index contributed by atoms with van der Waals surface area (Å²) in [7, 11) is 1.73. The number of carbonyl (C=O) groups excluding carboxylic acids is 3. The smallest absolute Gasteiger partial charge is 0.272 e. The molecule has 0 spiro atoms. The molecule has 2 aliphatic carbocycles. The molecule has 178 valence electrons. The topological polar surface area (TPSA) is 90.9 Å². The van der Waals surface area contributed by atoms with Gasteiger partial charge in [0.1, 0.15) is 6.04 Å². The maximum absolute atomic E-state index is 13.3. The fourth-order valence-corrected chi connectivity index (χ4v) is 5.45. The van der Waals surface area contributed by atoms with Crippen LogP contribution in [0.4, 0.5) is 5.69 Å². The Morgan fingerprint density at radius 1 is 1.06 bits per heavy atom. The molecule has 2 N–H and O–H groups in total. The van der Waals surface area contributed by atoms with Gasteiger partial charge in [0.05, 0.1) is 11.4 Å². The van der Waals surface area contributed by atoms with Crippen LogP contribution in [-0.4, -0.2) is 42.7 Å². The molecule has 4 rings (SSSR count). The van der Waals surface area contributed by atoms with Crippen molar-refractivity contribution >= 4 is 29.1 Å². The second kappa shape index (κ2) is 10.5. The van der Waals surface area contributed by atoms with Crippen LogP contribution in [0.3, 0.4) is 0 Å². The van der Waals surface area contributed by atoms with Gasteiger partial charge in [0, 0.05) is 24.9 Å². The number of para-hydroxylation sites is 1. The standard InChI is InChI=1S/C26H36N4O3/c1-17(27-22(31)16-18-10-6-7-11-18)25(32)29-24-26(33)30(2)21-15-9-8-14-20(21)23(28-24)19-12-4-3-5-13-19/h8-9,14-15,17-19,24H,3-7,10-13,16H2,1-2H3,(H,27,31)(H,29,32)/t17-,24?/m0/s1. The van der Waals surface area contributed by atoms with Gasteiger partial charge in [-0.15, -0.1) is 0 Å². The van der Waals surface area contributed by atoms with Gasteiger partial charge >= 0.3 is 0 Å². The summed E-state index contributed by atoms with van der Waals surface area (Å²) in [5.74, 6) is -0.0707. The number of anilines is 1. The molecule has 7 nitrogen and oxygen atoms in total. The third-order valence-corrected chi connectivity index (χ3v) is 7.36. The van der Waals surface area contributed by atoms with E-state index in [1.165, 1.54) is 19.3 Å². The Bertz CT molecular complexity index is 916. The number of likely N-dealkylation sites (N-methyl/N-ethyl adjacent to an activating group) is 1. The predicted octanol–water partition coefficient (Wildman–Crippen LogP) is 3.56. The van der Waals surface area contributed by atoms with Crippen molar-refractivity contribution in [3.63, 3.8) is 0 Å². The van der Waals surface area contributed by atoms with Crippen LogP contribution in [0.25, 0.3) is 0 Å². The molecule has 7 heteroatoms. The highest BCUT2D eigenvalue weighted by molar-refractivity contribution is 6.14. The van der Waals surface area contributed by atoms with Crippen molar-refractivity contribution in [3.05, 3.63) is 29.8 Å². The van der Waals surface area contributed by atoms with E-state index in [1.54, 1.807) is 18.9 Å². The first-order chi connectivity index (χ1) is 15.9. The minimum Gasteiger partial charge on any atom is -0.345 e. The third-order valence-electron chi connectivity index (χ3n) is 7.36. The fraction of sp³-hybridized carbons (Fsp3) is 0.615. The lowest BCUT2D eigenvalue weighted by molar-refractivity contribution is -0.131. The number of rotatable bonds is 6. The first-order valence-electron chi connectivity index (χ1n) is 12.5. The van der Waals surface area contributed by atoms with E-state index in [0.717, 1.165) is 55.5 Å². The highest BCUT2D eigenvalue weighted by atomic mass is 16.2. The minimum absolute atomic E-state index is 0.104. The molecule has 2 saturated carbocycles. The number of aliphatic imine (C=N–C) groups is 1. The van der Waals surface area contributed by atoms with E-state index >= 15 is 0 Å². The Kier molecular flexibility index (Phi) is 7.46. The van der Waals surface area contributed by atoms with Crippen molar-refractivity contribution in [1.82, 2.24) is 10.6 Å². The van der Waals surface area contributed by atoms with E-state index in [0.29, 0.717) is 12.3 Å². The lowest BCUT2D eigenvalue weighted by atomic mass is 9.83. The van der Waals surface area contributed by atoms with Gasteiger partial charge in [0.25, 0.3) is 5.91 Å². The maximum atomic E-state index is 13.3. The van der Waals surface area contributed by atoms with Gasteiger partial charge in [-0.3, -0.25) is 19.4 Å². The SMILES string of the molecule is C[C@H](NC(=O)CC1CCCC1)C(=O)NC1N=C(C2CCCCC2)c2ccccc2N(C)C1=O. The second-order valence-corrected chi connectivity index (χ2v) is 9.82. The Hall–Kier alpha value is -2.70. The molecule has 3 amide bonds. The average molecular weight is 453 g/mol. The molecule has 0 radical (unpaired) electrons. The van der Waals surface area contributed by atoms with Crippen molar-refractivity contribution in [1.29, 1.82) is 0 Å². The van der Waals surface area contributed by atoms with Crippen LogP contribution >= 0.6 is 0 Å². The van der Waals surface area contributed by atoms with Gasteiger partial charge in [-0.05, 0) is 44.6 Å². The van der Waals surface area contributed by atoms with Crippen LogP contribution in [0.2, 0.25) is 0 Å². The molecule has 1 aromatic rings. The number of fused-ring (bicyclic) bond motifs is 1.